The highest BCUT2D eigenvalue weighted by atomic mass is 19.1. The molecule has 0 aliphatic carbocycles. The van der Waals surface area contributed by atoms with E-state index in [2.05, 4.69) is 0 Å². The van der Waals surface area contributed by atoms with Gasteiger partial charge in [-0.3, -0.25) is 9.69 Å². The molecule has 2 aromatic rings. The highest BCUT2D eigenvalue weighted by Crippen LogP contribution is 2.34. The van der Waals surface area contributed by atoms with Crippen molar-refractivity contribution in [3.8, 4) is 5.75 Å². The molecule has 0 aromatic heterocycles. The van der Waals surface area contributed by atoms with E-state index in [1.165, 1.54) is 18.2 Å². The molecule has 160 valence electrons. The molecule has 4 rings (SSSR count). The summed E-state index contributed by atoms with van der Waals surface area (Å²) in [5.74, 6) is -2.01. The zero-order valence-corrected chi connectivity index (χ0v) is 16.8. The van der Waals surface area contributed by atoms with Crippen molar-refractivity contribution in [2.75, 3.05) is 19.6 Å². The minimum atomic E-state index is -1.23. The molecule has 4 nitrogen and oxygen atoms in total. The van der Waals surface area contributed by atoms with Crippen LogP contribution >= 0.6 is 0 Å². The average molecular weight is 418 g/mol. The van der Waals surface area contributed by atoms with Crippen LogP contribution in [0.4, 0.5) is 13.2 Å². The molecule has 1 amide bonds. The monoisotopic (exact) mass is 418 g/mol. The zero-order chi connectivity index (χ0) is 21.4. The first-order valence-corrected chi connectivity index (χ1v) is 10.2. The molecule has 2 fully saturated rings. The fourth-order valence-electron chi connectivity index (χ4n) is 4.51. The summed E-state index contributed by atoms with van der Waals surface area (Å²) in [4.78, 5) is 16.5. The Bertz CT molecular complexity index is 952. The first-order chi connectivity index (χ1) is 14.3. The van der Waals surface area contributed by atoms with Crippen LogP contribution in [0.1, 0.15) is 35.4 Å². The van der Waals surface area contributed by atoms with Crippen molar-refractivity contribution < 1.29 is 23.1 Å². The Labute approximate surface area is 173 Å². The Balaban J connectivity index is 1.39. The van der Waals surface area contributed by atoms with Gasteiger partial charge < -0.3 is 10.0 Å². The second kappa shape index (κ2) is 8.30. The molecule has 1 N–H and O–H groups in total. The molecule has 7 heteroatoms. The number of alkyl halides is 1. The lowest BCUT2D eigenvalue weighted by molar-refractivity contribution is -0.133. The van der Waals surface area contributed by atoms with Gasteiger partial charge in [0, 0.05) is 25.6 Å². The first-order valence-electron chi connectivity index (χ1n) is 10.2. The number of benzene rings is 2. The fraction of sp³-hybridized carbons (Fsp3) is 0.435. The third-order valence-electron chi connectivity index (χ3n) is 6.29. The van der Waals surface area contributed by atoms with Gasteiger partial charge in [0.1, 0.15) is 12.0 Å². The minimum Gasteiger partial charge on any atom is -0.505 e. The summed E-state index contributed by atoms with van der Waals surface area (Å²) in [7, 11) is 0. The number of carbonyl (C=O) groups excluding carboxylic acids is 1. The minimum absolute atomic E-state index is 0.0580. The van der Waals surface area contributed by atoms with Crippen molar-refractivity contribution in [2.24, 2.45) is 0 Å². The van der Waals surface area contributed by atoms with Gasteiger partial charge in [-0.2, -0.15) is 0 Å². The maximum absolute atomic E-state index is 14.9. The fourth-order valence-corrected chi connectivity index (χ4v) is 4.51. The normalized spacial score (nSPS) is 25.1. The molecule has 2 aromatic carbocycles. The molecule has 0 radical (unpaired) electrons. The number of aromatic hydroxyl groups is 1. The highest BCUT2D eigenvalue weighted by Gasteiger charge is 2.40. The molecule has 2 unspecified atom stereocenters. The van der Waals surface area contributed by atoms with Gasteiger partial charge in [-0.15, -0.1) is 0 Å². The molecule has 30 heavy (non-hydrogen) atoms. The third kappa shape index (κ3) is 4.03. The maximum Gasteiger partial charge on any atom is 0.240 e. The Hall–Kier alpha value is -2.54. The number of piperidine rings is 1. The number of likely N-dealkylation sites (tertiary alicyclic amines) is 2. The molecule has 2 saturated heterocycles. The van der Waals surface area contributed by atoms with E-state index in [0.29, 0.717) is 43.6 Å². The summed E-state index contributed by atoms with van der Waals surface area (Å²) in [6, 6.07) is 8.58. The van der Waals surface area contributed by atoms with Crippen molar-refractivity contribution in [1.29, 1.82) is 0 Å². The Morgan fingerprint density at radius 1 is 1.07 bits per heavy atom. The number of hydrogen-bond acceptors (Lipinski definition) is 3. The van der Waals surface area contributed by atoms with Gasteiger partial charge in [0.25, 0.3) is 0 Å². The number of rotatable bonds is 4. The quantitative estimate of drug-likeness (QED) is 0.819. The molecule has 2 aliphatic rings. The summed E-state index contributed by atoms with van der Waals surface area (Å²) in [5, 5.41) is 9.34. The number of carbonyl (C=O) groups is 1. The zero-order valence-electron chi connectivity index (χ0n) is 16.8. The third-order valence-corrected chi connectivity index (χ3v) is 6.29. The SMILES string of the molecule is Cc1ccc(CN2CC[C@H](N3CCC(c4ccc(O)c(F)c4)C(F)C3)C2=O)cc1F. The van der Waals surface area contributed by atoms with Crippen molar-refractivity contribution in [3.63, 3.8) is 0 Å². The van der Waals surface area contributed by atoms with Crippen LogP contribution in [-0.2, 0) is 11.3 Å². The topological polar surface area (TPSA) is 43.8 Å². The van der Waals surface area contributed by atoms with E-state index in [9.17, 15) is 23.1 Å². The lowest BCUT2D eigenvalue weighted by atomic mass is 9.87. The van der Waals surface area contributed by atoms with Crippen molar-refractivity contribution in [2.45, 2.75) is 44.4 Å². The summed E-state index contributed by atoms with van der Waals surface area (Å²) >= 11 is 0. The number of hydrogen-bond donors (Lipinski definition) is 1. The number of phenols is 1. The number of nitrogens with zero attached hydrogens (tertiary/aromatic N) is 2. The largest absolute Gasteiger partial charge is 0.505 e. The van der Waals surface area contributed by atoms with Gasteiger partial charge in [-0.1, -0.05) is 18.2 Å². The van der Waals surface area contributed by atoms with E-state index in [0.717, 1.165) is 5.56 Å². The van der Waals surface area contributed by atoms with E-state index in [1.54, 1.807) is 24.0 Å². The van der Waals surface area contributed by atoms with Gasteiger partial charge in [0.2, 0.25) is 5.91 Å². The van der Waals surface area contributed by atoms with Gasteiger partial charge >= 0.3 is 0 Å². The van der Waals surface area contributed by atoms with Crippen LogP contribution in [0.15, 0.2) is 36.4 Å². The van der Waals surface area contributed by atoms with Crippen molar-refractivity contribution >= 4 is 5.91 Å². The predicted molar refractivity (Wildman–Crippen MR) is 107 cm³/mol. The van der Waals surface area contributed by atoms with Crippen LogP contribution in [0.3, 0.4) is 0 Å². The number of aryl methyl sites for hydroxylation is 1. The summed E-state index contributed by atoms with van der Waals surface area (Å²) in [5.41, 5.74) is 1.83. The summed E-state index contributed by atoms with van der Waals surface area (Å²) in [6.07, 6.45) is -0.146. The van der Waals surface area contributed by atoms with Crippen LogP contribution < -0.4 is 0 Å². The van der Waals surface area contributed by atoms with Gasteiger partial charge in [0.05, 0.1) is 6.04 Å². The van der Waals surface area contributed by atoms with E-state index in [1.807, 2.05) is 11.0 Å². The van der Waals surface area contributed by atoms with Crippen LogP contribution in [0.2, 0.25) is 0 Å². The van der Waals surface area contributed by atoms with E-state index < -0.39 is 23.7 Å². The molecule has 0 saturated carbocycles. The summed E-state index contributed by atoms with van der Waals surface area (Å²) in [6.45, 7) is 3.24. The van der Waals surface area contributed by atoms with Gasteiger partial charge in [0.15, 0.2) is 11.6 Å². The first kappa shape index (κ1) is 20.7. The van der Waals surface area contributed by atoms with Crippen molar-refractivity contribution in [1.82, 2.24) is 9.80 Å². The van der Waals surface area contributed by atoms with Crippen molar-refractivity contribution in [3.05, 3.63) is 64.7 Å². The molecular weight excluding hydrogens is 393 g/mol. The van der Waals surface area contributed by atoms with Crippen LogP contribution in [0.25, 0.3) is 0 Å². The molecule has 2 aliphatic heterocycles. The Morgan fingerprint density at radius 2 is 1.87 bits per heavy atom. The van der Waals surface area contributed by atoms with Gasteiger partial charge in [-0.05, 0) is 61.2 Å². The highest BCUT2D eigenvalue weighted by molar-refractivity contribution is 5.84. The van der Waals surface area contributed by atoms with E-state index in [-0.39, 0.29) is 24.3 Å². The lowest BCUT2D eigenvalue weighted by Crippen LogP contribution is -2.49. The van der Waals surface area contributed by atoms with E-state index >= 15 is 0 Å². The standard InChI is InChI=1S/C23H25F3N2O2/c1-14-2-3-15(10-18(14)24)12-28-9-7-21(23(28)30)27-8-6-17(20(26)13-27)16-4-5-22(29)19(25)11-16/h2-5,10-11,17,20-21,29H,6-9,12-13H2,1H3/t17?,20?,21-/m0/s1. The smallest absolute Gasteiger partial charge is 0.240 e. The van der Waals surface area contributed by atoms with Crippen LogP contribution in [-0.4, -0.2) is 52.7 Å². The lowest BCUT2D eigenvalue weighted by Gasteiger charge is -2.37. The predicted octanol–water partition coefficient (Wildman–Crippen LogP) is 3.91. The second-order valence-corrected chi connectivity index (χ2v) is 8.26. The maximum atomic E-state index is 14.9. The number of phenolic OH excluding ortho intramolecular Hbond substituents is 1. The van der Waals surface area contributed by atoms with E-state index in [4.69, 9.17) is 0 Å². The molecular formula is C23H25F3N2O2. The Morgan fingerprint density at radius 3 is 2.57 bits per heavy atom. The number of halogens is 3. The average Bonchev–Trinajstić information content (AvgIpc) is 3.07. The Kier molecular flexibility index (Phi) is 5.73. The molecule has 0 bridgehead atoms. The van der Waals surface area contributed by atoms with Crippen LogP contribution in [0, 0.1) is 18.6 Å². The second-order valence-electron chi connectivity index (χ2n) is 8.26. The summed E-state index contributed by atoms with van der Waals surface area (Å²) < 4.78 is 42.4. The number of amides is 1. The molecule has 0 spiro atoms. The van der Waals surface area contributed by atoms with Crippen LogP contribution in [0.5, 0.6) is 5.75 Å². The molecule has 2 heterocycles. The van der Waals surface area contributed by atoms with Gasteiger partial charge in [-0.25, -0.2) is 13.2 Å². The molecule has 3 atom stereocenters.